The summed E-state index contributed by atoms with van der Waals surface area (Å²) in [6.07, 6.45) is 78.6. The Hall–Kier alpha value is -2.37. The van der Waals surface area contributed by atoms with Crippen molar-refractivity contribution in [3.05, 3.63) is 36.5 Å². The Kier molecular flexibility index (Phi) is 62.1. The molecule has 0 fully saturated rings. The summed E-state index contributed by atoms with van der Waals surface area (Å²) in [5.74, 6) is -0.849. The average molecular weight is 1050 g/mol. The van der Waals surface area contributed by atoms with Crippen molar-refractivity contribution in [3.63, 3.8) is 0 Å². The van der Waals surface area contributed by atoms with Crippen molar-refractivity contribution < 1.29 is 28.6 Å². The third kappa shape index (κ3) is 62.4. The molecule has 440 valence electrons. The fourth-order valence-electron chi connectivity index (χ4n) is 10.1. The maximum atomic E-state index is 12.9. The van der Waals surface area contributed by atoms with Crippen molar-refractivity contribution in [2.24, 2.45) is 0 Å². The zero-order valence-electron chi connectivity index (χ0n) is 50.6. The van der Waals surface area contributed by atoms with Crippen LogP contribution in [-0.4, -0.2) is 37.2 Å². The monoisotopic (exact) mass is 1050 g/mol. The first-order valence-corrected chi connectivity index (χ1v) is 33.5. The van der Waals surface area contributed by atoms with Crippen LogP contribution in [0.1, 0.15) is 367 Å². The number of unbranched alkanes of at least 4 members (excludes halogenated alkanes) is 45. The van der Waals surface area contributed by atoms with E-state index in [-0.39, 0.29) is 31.1 Å². The minimum absolute atomic E-state index is 0.0694. The summed E-state index contributed by atoms with van der Waals surface area (Å²) in [6, 6.07) is 0. The van der Waals surface area contributed by atoms with Gasteiger partial charge in [0.05, 0.1) is 0 Å². The highest BCUT2D eigenvalue weighted by Crippen LogP contribution is 2.18. The molecule has 75 heavy (non-hydrogen) atoms. The highest BCUT2D eigenvalue weighted by molar-refractivity contribution is 5.71. The van der Waals surface area contributed by atoms with Gasteiger partial charge in [-0.2, -0.15) is 0 Å². The van der Waals surface area contributed by atoms with Crippen molar-refractivity contribution in [2.45, 2.75) is 374 Å². The standard InChI is InChI=1S/C69H128O6/c1-4-7-10-13-16-19-22-25-28-31-34-37-40-43-46-49-52-55-58-61-67(70)73-64-66(75-69(72)63-60-57-54-51-48-45-42-39-36-33-30-27-24-21-18-15-12-9-6-3)65-74-68(71)62-59-56-53-50-47-44-41-38-35-32-29-26-23-20-17-14-11-8-5-2/h16,19,25,27-28,30,66H,4-15,17-18,20-24,26,29,31-65H2,1-3H3/b19-16-,28-25-,30-27-/t66-/m1/s1. The summed E-state index contributed by atoms with van der Waals surface area (Å²) in [6.45, 7) is 6.68. The zero-order chi connectivity index (χ0) is 54.3. The van der Waals surface area contributed by atoms with Crippen molar-refractivity contribution >= 4 is 17.9 Å². The second-order valence-corrected chi connectivity index (χ2v) is 22.7. The number of esters is 3. The van der Waals surface area contributed by atoms with Gasteiger partial charge in [-0.15, -0.1) is 0 Å². The quantitative estimate of drug-likeness (QED) is 0.0261. The Morgan fingerprint density at radius 2 is 0.480 bits per heavy atom. The Morgan fingerprint density at radius 1 is 0.267 bits per heavy atom. The normalized spacial score (nSPS) is 12.2. The van der Waals surface area contributed by atoms with E-state index in [9.17, 15) is 14.4 Å². The van der Waals surface area contributed by atoms with E-state index in [1.807, 2.05) is 0 Å². The van der Waals surface area contributed by atoms with Gasteiger partial charge in [-0.1, -0.05) is 308 Å². The highest BCUT2D eigenvalue weighted by Gasteiger charge is 2.19. The van der Waals surface area contributed by atoms with Crippen LogP contribution in [0.4, 0.5) is 0 Å². The summed E-state index contributed by atoms with van der Waals surface area (Å²) < 4.78 is 17.0. The van der Waals surface area contributed by atoms with Crippen molar-refractivity contribution in [1.82, 2.24) is 0 Å². The SMILES string of the molecule is CCCCC/C=C\C/C=C\CCCCCCCCCCCC(=O)OC[C@H](COC(=O)CCCCCCCCCCCCCCCCCCCCC)OC(=O)CCCCCCCCCCC/C=C\CCCCCCCC. The maximum Gasteiger partial charge on any atom is 0.306 e. The van der Waals surface area contributed by atoms with Gasteiger partial charge < -0.3 is 14.2 Å². The highest BCUT2D eigenvalue weighted by atomic mass is 16.6. The molecule has 0 aromatic carbocycles. The molecular formula is C69H128O6. The number of allylic oxidation sites excluding steroid dienone is 6. The molecule has 0 saturated carbocycles. The van der Waals surface area contributed by atoms with Gasteiger partial charge >= 0.3 is 17.9 Å². The number of carbonyl (C=O) groups excluding carboxylic acids is 3. The van der Waals surface area contributed by atoms with Gasteiger partial charge in [0.15, 0.2) is 6.10 Å². The lowest BCUT2D eigenvalue weighted by atomic mass is 10.0. The lowest BCUT2D eigenvalue weighted by Gasteiger charge is -2.18. The smallest absolute Gasteiger partial charge is 0.306 e. The molecule has 0 aliphatic heterocycles. The first-order chi connectivity index (χ1) is 37.0. The van der Waals surface area contributed by atoms with Crippen LogP contribution in [0.15, 0.2) is 36.5 Å². The van der Waals surface area contributed by atoms with Gasteiger partial charge in [-0.25, -0.2) is 0 Å². The van der Waals surface area contributed by atoms with Crippen LogP contribution in [0.2, 0.25) is 0 Å². The predicted octanol–water partition coefficient (Wildman–Crippen LogP) is 22.8. The minimum Gasteiger partial charge on any atom is -0.462 e. The van der Waals surface area contributed by atoms with E-state index in [0.717, 1.165) is 64.2 Å². The minimum atomic E-state index is -0.774. The molecule has 0 heterocycles. The zero-order valence-corrected chi connectivity index (χ0v) is 50.6. The number of rotatable bonds is 62. The summed E-state index contributed by atoms with van der Waals surface area (Å²) in [5, 5.41) is 0. The molecule has 0 N–H and O–H groups in total. The number of ether oxygens (including phenoxy) is 3. The largest absolute Gasteiger partial charge is 0.462 e. The van der Waals surface area contributed by atoms with Crippen molar-refractivity contribution in [1.29, 1.82) is 0 Å². The molecule has 6 nitrogen and oxygen atoms in total. The van der Waals surface area contributed by atoms with E-state index in [2.05, 4.69) is 57.2 Å². The predicted molar refractivity (Wildman–Crippen MR) is 326 cm³/mol. The Morgan fingerprint density at radius 3 is 0.773 bits per heavy atom. The molecule has 0 unspecified atom stereocenters. The average Bonchev–Trinajstić information content (AvgIpc) is 3.41. The van der Waals surface area contributed by atoms with Crippen molar-refractivity contribution in [2.75, 3.05) is 13.2 Å². The van der Waals surface area contributed by atoms with E-state index in [4.69, 9.17) is 14.2 Å². The van der Waals surface area contributed by atoms with E-state index >= 15 is 0 Å². The molecule has 0 spiro atoms. The van der Waals surface area contributed by atoms with Crippen molar-refractivity contribution in [3.8, 4) is 0 Å². The Bertz CT molecular complexity index is 1250. The van der Waals surface area contributed by atoms with E-state index in [1.54, 1.807) is 0 Å². The lowest BCUT2D eigenvalue weighted by Crippen LogP contribution is -2.30. The first-order valence-electron chi connectivity index (χ1n) is 33.5. The molecule has 1 atom stereocenters. The molecule has 0 aromatic heterocycles. The number of hydrogen-bond acceptors (Lipinski definition) is 6. The molecular weight excluding hydrogens is 925 g/mol. The molecule has 0 aliphatic carbocycles. The number of hydrogen-bond donors (Lipinski definition) is 0. The molecule has 0 bridgehead atoms. The van der Waals surface area contributed by atoms with Crippen LogP contribution in [0.3, 0.4) is 0 Å². The maximum absolute atomic E-state index is 12.9. The van der Waals surface area contributed by atoms with Crippen LogP contribution >= 0.6 is 0 Å². The molecule has 0 saturated heterocycles. The molecule has 6 heteroatoms. The summed E-state index contributed by atoms with van der Waals surface area (Å²) in [4.78, 5) is 38.4. The van der Waals surface area contributed by atoms with Crippen LogP contribution in [0.5, 0.6) is 0 Å². The van der Waals surface area contributed by atoms with Gasteiger partial charge in [0.1, 0.15) is 13.2 Å². The molecule has 0 aromatic rings. The van der Waals surface area contributed by atoms with Gasteiger partial charge in [-0.05, 0) is 77.0 Å². The summed E-state index contributed by atoms with van der Waals surface area (Å²) >= 11 is 0. The van der Waals surface area contributed by atoms with E-state index in [1.165, 1.54) is 263 Å². The van der Waals surface area contributed by atoms with E-state index < -0.39 is 6.10 Å². The summed E-state index contributed by atoms with van der Waals surface area (Å²) in [5.41, 5.74) is 0. The van der Waals surface area contributed by atoms with Crippen LogP contribution < -0.4 is 0 Å². The molecule has 0 aliphatic rings. The fraction of sp³-hybridized carbons (Fsp3) is 0.870. The van der Waals surface area contributed by atoms with Crippen LogP contribution in [0, 0.1) is 0 Å². The van der Waals surface area contributed by atoms with Gasteiger partial charge in [0.2, 0.25) is 0 Å². The molecule has 0 radical (unpaired) electrons. The Labute approximate surface area is 467 Å². The van der Waals surface area contributed by atoms with Crippen LogP contribution in [0.25, 0.3) is 0 Å². The van der Waals surface area contributed by atoms with Gasteiger partial charge in [0, 0.05) is 19.3 Å². The third-order valence-electron chi connectivity index (χ3n) is 15.1. The van der Waals surface area contributed by atoms with Gasteiger partial charge in [-0.3, -0.25) is 14.4 Å². The van der Waals surface area contributed by atoms with E-state index in [0.29, 0.717) is 19.3 Å². The number of carbonyl (C=O) groups is 3. The molecule has 0 amide bonds. The summed E-state index contributed by atoms with van der Waals surface area (Å²) in [7, 11) is 0. The molecule has 0 rings (SSSR count). The fourth-order valence-corrected chi connectivity index (χ4v) is 10.1. The first kappa shape index (κ1) is 72.6. The van der Waals surface area contributed by atoms with Crippen LogP contribution in [-0.2, 0) is 28.6 Å². The second kappa shape index (κ2) is 64.2. The second-order valence-electron chi connectivity index (χ2n) is 22.7. The van der Waals surface area contributed by atoms with Gasteiger partial charge in [0.25, 0.3) is 0 Å². The lowest BCUT2D eigenvalue weighted by molar-refractivity contribution is -0.167. The topological polar surface area (TPSA) is 78.9 Å². The Balaban J connectivity index is 4.33. The third-order valence-corrected chi connectivity index (χ3v) is 15.1.